The fraction of sp³-hybridized carbons (Fsp3) is 0.0435. The molecular formula is C23H11Cl5FNO4. The molecule has 34 heavy (non-hydrogen) atoms. The Hall–Kier alpha value is -2.48. The Morgan fingerprint density at radius 2 is 1.44 bits per heavy atom. The highest BCUT2D eigenvalue weighted by molar-refractivity contribution is 6.55. The first-order valence-corrected chi connectivity index (χ1v) is 11.3. The highest BCUT2D eigenvalue weighted by atomic mass is 35.5. The van der Waals surface area contributed by atoms with Crippen molar-refractivity contribution in [3.8, 4) is 5.75 Å². The van der Waals surface area contributed by atoms with E-state index >= 15 is 0 Å². The van der Waals surface area contributed by atoms with Crippen LogP contribution < -0.4 is 10.1 Å². The first kappa shape index (κ1) is 24.6. The largest absolute Gasteiger partial charge is 0.481 e. The van der Waals surface area contributed by atoms with Crippen molar-refractivity contribution in [2.75, 3.05) is 11.9 Å². The summed E-state index contributed by atoms with van der Waals surface area (Å²) in [6.45, 7) is -0.558. The molecule has 1 heterocycles. The summed E-state index contributed by atoms with van der Waals surface area (Å²) >= 11 is 30.2. The molecule has 0 atom stereocenters. The number of para-hydroxylation sites is 1. The Morgan fingerprint density at radius 3 is 2.09 bits per heavy atom. The van der Waals surface area contributed by atoms with Crippen LogP contribution in [0, 0.1) is 5.82 Å². The van der Waals surface area contributed by atoms with Crippen molar-refractivity contribution in [2.45, 2.75) is 0 Å². The van der Waals surface area contributed by atoms with Gasteiger partial charge in [-0.1, -0.05) is 70.1 Å². The molecule has 4 rings (SSSR count). The molecule has 0 unspecified atom stereocenters. The normalized spacial score (nSPS) is 11.0. The van der Waals surface area contributed by atoms with Crippen LogP contribution in [0.4, 0.5) is 10.1 Å². The van der Waals surface area contributed by atoms with Crippen molar-refractivity contribution in [3.05, 3.63) is 90.8 Å². The molecule has 11 heteroatoms. The van der Waals surface area contributed by atoms with E-state index < -0.39 is 24.1 Å². The number of amides is 1. The number of nitrogens with one attached hydrogen (secondary N) is 1. The SMILES string of the molecule is O=C(COc1c(Cl)c(Cl)c(Cl)c(Cl)c1Cl)Nc1c(C(=O)c2ccc(F)cc2)oc2ccccc12. The summed E-state index contributed by atoms with van der Waals surface area (Å²) in [5, 5.41) is 2.65. The van der Waals surface area contributed by atoms with E-state index in [4.69, 9.17) is 67.2 Å². The van der Waals surface area contributed by atoms with Crippen LogP contribution in [-0.2, 0) is 4.79 Å². The number of hydrogen-bond acceptors (Lipinski definition) is 4. The van der Waals surface area contributed by atoms with Gasteiger partial charge in [-0.2, -0.15) is 0 Å². The minimum Gasteiger partial charge on any atom is -0.481 e. The molecule has 0 saturated heterocycles. The zero-order chi connectivity index (χ0) is 24.6. The Labute approximate surface area is 217 Å². The first-order valence-electron chi connectivity index (χ1n) is 9.45. The van der Waals surface area contributed by atoms with Gasteiger partial charge in [-0.05, 0) is 36.4 Å². The number of halogens is 6. The number of carbonyl (C=O) groups is 2. The minimum absolute atomic E-state index is 0.0519. The van der Waals surface area contributed by atoms with Crippen LogP contribution >= 0.6 is 58.0 Å². The zero-order valence-corrected chi connectivity index (χ0v) is 20.5. The molecule has 0 aliphatic rings. The van der Waals surface area contributed by atoms with Gasteiger partial charge in [0.1, 0.15) is 21.4 Å². The summed E-state index contributed by atoms with van der Waals surface area (Å²) in [4.78, 5) is 25.8. The molecule has 0 aliphatic heterocycles. The van der Waals surface area contributed by atoms with Gasteiger partial charge in [-0.25, -0.2) is 4.39 Å². The molecule has 0 saturated carbocycles. The number of carbonyl (C=O) groups excluding carboxylic acids is 2. The molecule has 0 bridgehead atoms. The maximum Gasteiger partial charge on any atom is 0.262 e. The number of ketones is 1. The fourth-order valence-corrected chi connectivity index (χ4v) is 4.32. The van der Waals surface area contributed by atoms with Gasteiger partial charge in [-0.3, -0.25) is 9.59 Å². The van der Waals surface area contributed by atoms with E-state index in [2.05, 4.69) is 5.32 Å². The molecule has 3 aromatic carbocycles. The van der Waals surface area contributed by atoms with E-state index in [1.54, 1.807) is 24.3 Å². The molecule has 4 aromatic rings. The van der Waals surface area contributed by atoms with Gasteiger partial charge in [0.15, 0.2) is 18.1 Å². The number of anilines is 1. The van der Waals surface area contributed by atoms with E-state index in [1.807, 2.05) is 0 Å². The molecular weight excluding hydrogens is 551 g/mol. The van der Waals surface area contributed by atoms with Gasteiger partial charge in [0.25, 0.3) is 5.91 Å². The quantitative estimate of drug-likeness (QED) is 0.147. The van der Waals surface area contributed by atoms with Crippen LogP contribution in [0.3, 0.4) is 0 Å². The highest BCUT2D eigenvalue weighted by Gasteiger charge is 2.25. The number of fused-ring (bicyclic) bond motifs is 1. The molecule has 5 nitrogen and oxygen atoms in total. The van der Waals surface area contributed by atoms with Gasteiger partial charge in [0, 0.05) is 10.9 Å². The molecule has 0 aliphatic carbocycles. The third-order valence-electron chi connectivity index (χ3n) is 4.69. The number of furan rings is 1. The van der Waals surface area contributed by atoms with Crippen LogP contribution in [0.15, 0.2) is 52.9 Å². The van der Waals surface area contributed by atoms with E-state index in [0.717, 1.165) is 12.1 Å². The monoisotopic (exact) mass is 559 g/mol. The number of rotatable bonds is 6. The molecule has 1 N–H and O–H groups in total. The lowest BCUT2D eigenvalue weighted by atomic mass is 10.1. The van der Waals surface area contributed by atoms with Gasteiger partial charge < -0.3 is 14.5 Å². The zero-order valence-electron chi connectivity index (χ0n) is 16.7. The second-order valence-electron chi connectivity index (χ2n) is 6.87. The Kier molecular flexibility index (Phi) is 7.26. The van der Waals surface area contributed by atoms with Crippen LogP contribution in [0.5, 0.6) is 5.75 Å². The average molecular weight is 562 g/mol. The summed E-state index contributed by atoms with van der Waals surface area (Å²) in [6.07, 6.45) is 0. The average Bonchev–Trinajstić information content (AvgIpc) is 3.19. The third kappa shape index (κ3) is 4.69. The number of hydrogen-bond donors (Lipinski definition) is 1. The first-order chi connectivity index (χ1) is 16.2. The van der Waals surface area contributed by atoms with E-state index in [0.29, 0.717) is 11.0 Å². The standard InChI is InChI=1S/C23H11Cl5FNO4/c24-15-16(25)18(27)22(19(28)17(15)26)33-9-14(31)30-20-12-3-1-2-4-13(12)34-23(20)21(32)10-5-7-11(29)8-6-10/h1-8H,9H2,(H,30,31). The molecule has 0 fully saturated rings. The van der Waals surface area contributed by atoms with Crippen molar-refractivity contribution < 1.29 is 23.1 Å². The Morgan fingerprint density at radius 1 is 0.853 bits per heavy atom. The fourth-order valence-electron chi connectivity index (χ4n) is 3.09. The number of benzene rings is 3. The second kappa shape index (κ2) is 10.0. The second-order valence-corrected chi connectivity index (χ2v) is 8.76. The number of ether oxygens (including phenoxy) is 1. The lowest BCUT2D eigenvalue weighted by Crippen LogP contribution is -2.21. The summed E-state index contributed by atoms with van der Waals surface area (Å²) in [5.41, 5.74) is 0.672. The predicted molar refractivity (Wildman–Crippen MR) is 132 cm³/mol. The maximum atomic E-state index is 13.3. The summed E-state index contributed by atoms with van der Waals surface area (Å²) in [6, 6.07) is 11.7. The molecule has 1 aromatic heterocycles. The van der Waals surface area contributed by atoms with Gasteiger partial charge in [0.05, 0.1) is 20.8 Å². The Bertz CT molecular complexity index is 1410. The van der Waals surface area contributed by atoms with Gasteiger partial charge >= 0.3 is 0 Å². The molecule has 0 radical (unpaired) electrons. The Balaban J connectivity index is 1.62. The van der Waals surface area contributed by atoms with Crippen molar-refractivity contribution in [1.29, 1.82) is 0 Å². The van der Waals surface area contributed by atoms with Gasteiger partial charge in [0.2, 0.25) is 5.78 Å². The van der Waals surface area contributed by atoms with Crippen LogP contribution in [-0.4, -0.2) is 18.3 Å². The van der Waals surface area contributed by atoms with E-state index in [1.165, 1.54) is 12.1 Å². The lowest BCUT2D eigenvalue weighted by molar-refractivity contribution is -0.118. The van der Waals surface area contributed by atoms with Crippen LogP contribution in [0.25, 0.3) is 11.0 Å². The third-order valence-corrected chi connectivity index (χ3v) is 6.93. The highest BCUT2D eigenvalue weighted by Crippen LogP contribution is 2.48. The summed E-state index contributed by atoms with van der Waals surface area (Å²) < 4.78 is 24.4. The van der Waals surface area contributed by atoms with Crippen molar-refractivity contribution in [3.63, 3.8) is 0 Å². The molecule has 1 amide bonds. The summed E-state index contributed by atoms with van der Waals surface area (Å²) in [5.74, 6) is -1.96. The van der Waals surface area contributed by atoms with Crippen molar-refractivity contribution in [1.82, 2.24) is 0 Å². The topological polar surface area (TPSA) is 68.5 Å². The molecule has 0 spiro atoms. The van der Waals surface area contributed by atoms with E-state index in [9.17, 15) is 14.0 Å². The van der Waals surface area contributed by atoms with Crippen molar-refractivity contribution >= 4 is 86.4 Å². The lowest BCUT2D eigenvalue weighted by Gasteiger charge is -2.13. The van der Waals surface area contributed by atoms with Crippen molar-refractivity contribution in [2.24, 2.45) is 0 Å². The predicted octanol–water partition coefficient (Wildman–Crippen LogP) is 8.09. The maximum absolute atomic E-state index is 13.3. The smallest absolute Gasteiger partial charge is 0.262 e. The van der Waals surface area contributed by atoms with Crippen LogP contribution in [0.2, 0.25) is 25.1 Å². The van der Waals surface area contributed by atoms with Crippen LogP contribution in [0.1, 0.15) is 16.1 Å². The molecule has 174 valence electrons. The van der Waals surface area contributed by atoms with E-state index in [-0.39, 0.29) is 47.9 Å². The minimum atomic E-state index is -0.658. The van der Waals surface area contributed by atoms with Gasteiger partial charge in [-0.15, -0.1) is 0 Å². The summed E-state index contributed by atoms with van der Waals surface area (Å²) in [7, 11) is 0.